The van der Waals surface area contributed by atoms with Gasteiger partial charge in [-0.2, -0.15) is 5.10 Å². The zero-order valence-electron chi connectivity index (χ0n) is 24.2. The van der Waals surface area contributed by atoms with Crippen molar-refractivity contribution in [2.24, 2.45) is 11.3 Å². The average molecular weight is 589 g/mol. The zero-order chi connectivity index (χ0) is 28.9. The number of likely N-dealkylation sites (tertiary alicyclic amines) is 1. The molecule has 2 aromatic carbocycles. The minimum Gasteiger partial charge on any atom is -0.343 e. The van der Waals surface area contributed by atoms with E-state index < -0.39 is 6.04 Å². The number of hydrogen-bond acceptors (Lipinski definition) is 5. The molecule has 222 valence electrons. The molecule has 1 saturated heterocycles. The summed E-state index contributed by atoms with van der Waals surface area (Å²) in [5, 5.41) is 14.4. The van der Waals surface area contributed by atoms with E-state index in [0.29, 0.717) is 43.4 Å². The summed E-state index contributed by atoms with van der Waals surface area (Å²) in [7, 11) is 0. The van der Waals surface area contributed by atoms with Gasteiger partial charge >= 0.3 is 0 Å². The molecule has 3 aliphatic rings. The van der Waals surface area contributed by atoms with E-state index in [1.54, 1.807) is 6.33 Å². The number of carbonyl (C=O) groups is 2. The highest BCUT2D eigenvalue weighted by atomic mass is 35.5. The lowest BCUT2D eigenvalue weighted by Gasteiger charge is -2.48. The molecule has 2 fully saturated rings. The van der Waals surface area contributed by atoms with Crippen LogP contribution in [0.15, 0.2) is 54.9 Å². The molecule has 6 rings (SSSR count). The lowest BCUT2D eigenvalue weighted by Crippen LogP contribution is -2.57. The fraction of sp³-hybridized carbons (Fsp3) is 0.515. The van der Waals surface area contributed by atoms with Crippen molar-refractivity contribution in [1.29, 1.82) is 0 Å². The highest BCUT2D eigenvalue weighted by Crippen LogP contribution is 2.47. The monoisotopic (exact) mass is 588 g/mol. The summed E-state index contributed by atoms with van der Waals surface area (Å²) in [6.07, 6.45) is 11.7. The summed E-state index contributed by atoms with van der Waals surface area (Å²) in [6.45, 7) is 2.01. The van der Waals surface area contributed by atoms with Crippen LogP contribution in [0.5, 0.6) is 0 Å². The fourth-order valence-electron chi connectivity index (χ4n) is 7.44. The van der Waals surface area contributed by atoms with Crippen molar-refractivity contribution in [3.05, 3.63) is 82.4 Å². The van der Waals surface area contributed by atoms with Crippen LogP contribution in [0, 0.1) is 11.3 Å². The summed E-state index contributed by atoms with van der Waals surface area (Å²) >= 11 is 6.14. The lowest BCUT2D eigenvalue weighted by molar-refractivity contribution is -0.139. The largest absolute Gasteiger partial charge is 0.343 e. The van der Waals surface area contributed by atoms with Gasteiger partial charge in [-0.3, -0.25) is 14.7 Å². The maximum atomic E-state index is 14.1. The van der Waals surface area contributed by atoms with Crippen molar-refractivity contribution in [2.45, 2.75) is 82.8 Å². The van der Waals surface area contributed by atoms with E-state index in [-0.39, 0.29) is 23.3 Å². The summed E-state index contributed by atoms with van der Waals surface area (Å²) < 4.78 is 0. The molecule has 0 bridgehead atoms. The number of H-pyrrole nitrogens is 1. The van der Waals surface area contributed by atoms with Crippen molar-refractivity contribution < 1.29 is 9.59 Å². The topological polar surface area (TPSA) is 103 Å². The summed E-state index contributed by atoms with van der Waals surface area (Å²) in [4.78, 5) is 34.1. The van der Waals surface area contributed by atoms with E-state index in [1.807, 2.05) is 41.3 Å². The van der Waals surface area contributed by atoms with Gasteiger partial charge in [0.2, 0.25) is 11.8 Å². The fourth-order valence-corrected chi connectivity index (χ4v) is 7.57. The van der Waals surface area contributed by atoms with Crippen LogP contribution in [0.25, 0.3) is 0 Å². The summed E-state index contributed by atoms with van der Waals surface area (Å²) in [6, 6.07) is 14.7. The van der Waals surface area contributed by atoms with Gasteiger partial charge in [0, 0.05) is 37.5 Å². The van der Waals surface area contributed by atoms with Gasteiger partial charge in [0.25, 0.3) is 0 Å². The number of aromatic amines is 1. The van der Waals surface area contributed by atoms with E-state index in [2.05, 4.69) is 37.9 Å². The Bertz CT molecular complexity index is 1350. The number of rotatable bonds is 8. The molecule has 2 atom stereocenters. The molecule has 8 nitrogen and oxygen atoms in total. The first-order valence-corrected chi connectivity index (χ1v) is 15.9. The van der Waals surface area contributed by atoms with Gasteiger partial charge in [0.1, 0.15) is 12.4 Å². The molecule has 0 unspecified atom stereocenters. The zero-order valence-corrected chi connectivity index (χ0v) is 24.9. The third-order valence-electron chi connectivity index (χ3n) is 9.88. The lowest BCUT2D eigenvalue weighted by atomic mass is 9.62. The first kappa shape index (κ1) is 28.9. The first-order chi connectivity index (χ1) is 20.5. The number of fused-ring (bicyclic) bond motifs is 1. The van der Waals surface area contributed by atoms with Gasteiger partial charge in [0.05, 0.1) is 6.04 Å². The number of nitrogens with zero attached hydrogens (tertiary/aromatic N) is 3. The highest BCUT2D eigenvalue weighted by Gasteiger charge is 2.44. The maximum absolute atomic E-state index is 14.1. The number of hydrogen-bond donors (Lipinski definition) is 3. The smallest absolute Gasteiger partial charge is 0.245 e. The third-order valence-corrected chi connectivity index (χ3v) is 10.1. The number of aromatic nitrogens is 3. The number of benzene rings is 2. The van der Waals surface area contributed by atoms with Crippen LogP contribution in [0.2, 0.25) is 5.02 Å². The molecule has 42 heavy (non-hydrogen) atoms. The van der Waals surface area contributed by atoms with Gasteiger partial charge in [-0.15, -0.1) is 0 Å². The molecule has 0 radical (unpaired) electrons. The predicted molar refractivity (Wildman–Crippen MR) is 163 cm³/mol. The molecule has 1 aromatic heterocycles. The van der Waals surface area contributed by atoms with Gasteiger partial charge in [-0.05, 0) is 72.3 Å². The Morgan fingerprint density at radius 2 is 1.76 bits per heavy atom. The van der Waals surface area contributed by atoms with Gasteiger partial charge in [-0.1, -0.05) is 67.3 Å². The van der Waals surface area contributed by atoms with Crippen molar-refractivity contribution in [3.63, 3.8) is 0 Å². The Morgan fingerprint density at radius 1 is 1.02 bits per heavy atom. The molecule has 2 aliphatic heterocycles. The second kappa shape index (κ2) is 13.0. The van der Waals surface area contributed by atoms with Crippen molar-refractivity contribution in [3.8, 4) is 0 Å². The van der Waals surface area contributed by atoms with Gasteiger partial charge in [0.15, 0.2) is 5.82 Å². The Hall–Kier alpha value is -3.23. The van der Waals surface area contributed by atoms with E-state index in [9.17, 15) is 9.59 Å². The van der Waals surface area contributed by atoms with E-state index >= 15 is 0 Å². The van der Waals surface area contributed by atoms with E-state index in [4.69, 9.17) is 11.6 Å². The number of carbonyl (C=O) groups excluding carboxylic acids is 2. The molecule has 1 saturated carbocycles. The minimum atomic E-state index is -0.646. The van der Waals surface area contributed by atoms with Crippen LogP contribution < -0.4 is 10.6 Å². The standard InChI is InChI=1S/C33H41ClN6O2/c34-27-12-10-23(11-13-27)18-29(38-31(41)28-19-24-6-4-5-7-25(24)21-35-28)32(42)40-16-14-33(15-17-40,20-30-36-22-37-39-30)26-8-2-1-3-9-26/h4-7,10-13,22,26,28-29,35H,1-3,8-9,14-21H2,(H,38,41)(H,36,37,39)/t28-,29-/m1/s1. The molecule has 1 aliphatic carbocycles. The summed E-state index contributed by atoms with van der Waals surface area (Å²) in [5.74, 6) is 1.36. The average Bonchev–Trinajstić information content (AvgIpc) is 3.55. The summed E-state index contributed by atoms with van der Waals surface area (Å²) in [5.41, 5.74) is 3.47. The highest BCUT2D eigenvalue weighted by molar-refractivity contribution is 6.30. The molecule has 3 N–H and O–H groups in total. The Kier molecular flexibility index (Phi) is 8.91. The number of halogens is 1. The Morgan fingerprint density at radius 3 is 2.48 bits per heavy atom. The van der Waals surface area contributed by atoms with Gasteiger partial charge in [-0.25, -0.2) is 4.98 Å². The number of amides is 2. The van der Waals surface area contributed by atoms with Crippen LogP contribution in [0.4, 0.5) is 0 Å². The predicted octanol–water partition coefficient (Wildman–Crippen LogP) is 4.63. The van der Waals surface area contributed by atoms with Crippen molar-refractivity contribution in [1.82, 2.24) is 30.7 Å². The maximum Gasteiger partial charge on any atom is 0.245 e. The quantitative estimate of drug-likeness (QED) is 0.356. The Labute approximate surface area is 253 Å². The van der Waals surface area contributed by atoms with Crippen LogP contribution in [0.3, 0.4) is 0 Å². The third kappa shape index (κ3) is 6.55. The van der Waals surface area contributed by atoms with E-state index in [0.717, 1.165) is 30.7 Å². The molecule has 0 spiro atoms. The molecular weight excluding hydrogens is 548 g/mol. The molecule has 3 heterocycles. The molecular formula is C33H41ClN6O2. The SMILES string of the molecule is O=C(N[C@H](Cc1ccc(Cl)cc1)C(=O)N1CCC(Cc2nc[nH]n2)(C2CCCCC2)CC1)[C@H]1Cc2ccccc2CN1. The number of nitrogens with one attached hydrogen (secondary N) is 3. The molecule has 2 amide bonds. The van der Waals surface area contributed by atoms with Crippen LogP contribution in [-0.2, 0) is 35.4 Å². The second-order valence-electron chi connectivity index (χ2n) is 12.4. The van der Waals surface area contributed by atoms with Crippen LogP contribution in [0.1, 0.15) is 67.5 Å². The van der Waals surface area contributed by atoms with E-state index in [1.165, 1.54) is 43.2 Å². The van der Waals surface area contributed by atoms with Crippen LogP contribution >= 0.6 is 11.6 Å². The Balaban J connectivity index is 1.17. The molecule has 9 heteroatoms. The molecule has 3 aromatic rings. The van der Waals surface area contributed by atoms with Crippen molar-refractivity contribution in [2.75, 3.05) is 13.1 Å². The van der Waals surface area contributed by atoms with Crippen molar-refractivity contribution >= 4 is 23.4 Å². The number of piperidine rings is 1. The first-order valence-electron chi connectivity index (χ1n) is 15.5. The second-order valence-corrected chi connectivity index (χ2v) is 12.8. The van der Waals surface area contributed by atoms with Gasteiger partial charge < -0.3 is 15.5 Å². The minimum absolute atomic E-state index is 0.00959. The normalized spacial score (nSPS) is 21.4. The van der Waals surface area contributed by atoms with Crippen LogP contribution in [-0.4, -0.2) is 57.1 Å².